The normalized spacial score (nSPS) is 15.4. The molecule has 4 rings (SSSR count). The molecule has 0 unspecified atom stereocenters. The van der Waals surface area contributed by atoms with Crippen LogP contribution >= 0.6 is 0 Å². The number of carbonyl (C=O) groups is 1. The molecule has 0 atom stereocenters. The Hall–Kier alpha value is -2.65. The summed E-state index contributed by atoms with van der Waals surface area (Å²) in [5, 5.41) is 2.81. The Morgan fingerprint density at radius 2 is 1.93 bits per heavy atom. The van der Waals surface area contributed by atoms with E-state index in [1.165, 1.54) is 21.1 Å². The topological polar surface area (TPSA) is 97.4 Å². The highest BCUT2D eigenvalue weighted by molar-refractivity contribution is 7.89. The van der Waals surface area contributed by atoms with Gasteiger partial charge in [0, 0.05) is 37.9 Å². The number of nitrogens with zero attached hydrogens (tertiary/aromatic N) is 3. The second-order valence-corrected chi connectivity index (χ2v) is 9.56. The third-order valence-electron chi connectivity index (χ3n) is 5.07. The first-order valence-corrected chi connectivity index (χ1v) is 11.1. The van der Waals surface area contributed by atoms with Crippen LogP contribution in [-0.4, -0.2) is 41.3 Å². The number of aryl methyl sites for hydroxylation is 1. The maximum atomic E-state index is 12.8. The lowest BCUT2D eigenvalue weighted by molar-refractivity contribution is 0.101. The van der Waals surface area contributed by atoms with Crippen molar-refractivity contribution >= 4 is 32.7 Å². The number of hydrogen-bond donors (Lipinski definition) is 1. The molecule has 0 radical (unpaired) electrons. The summed E-state index contributed by atoms with van der Waals surface area (Å²) >= 11 is 0. The minimum absolute atomic E-state index is 0.139. The van der Waals surface area contributed by atoms with Crippen LogP contribution in [0.5, 0.6) is 0 Å². The molecular formula is C20H24N4O4S. The van der Waals surface area contributed by atoms with Crippen LogP contribution in [0.3, 0.4) is 0 Å². The van der Waals surface area contributed by atoms with Crippen LogP contribution in [-0.2, 0) is 17.1 Å². The highest BCUT2D eigenvalue weighted by atomic mass is 32.2. The van der Waals surface area contributed by atoms with Gasteiger partial charge in [0.15, 0.2) is 11.5 Å². The van der Waals surface area contributed by atoms with Crippen LogP contribution in [0.25, 0.3) is 11.1 Å². The van der Waals surface area contributed by atoms with Crippen LogP contribution < -0.4 is 5.32 Å². The van der Waals surface area contributed by atoms with E-state index in [9.17, 15) is 13.2 Å². The Morgan fingerprint density at radius 3 is 2.62 bits per heavy atom. The van der Waals surface area contributed by atoms with Gasteiger partial charge in [0.05, 0.1) is 0 Å². The van der Waals surface area contributed by atoms with Crippen LogP contribution in [0.1, 0.15) is 49.0 Å². The fourth-order valence-electron chi connectivity index (χ4n) is 3.44. The smallest absolute Gasteiger partial charge is 0.272 e. The van der Waals surface area contributed by atoms with E-state index in [0.717, 1.165) is 12.8 Å². The lowest BCUT2D eigenvalue weighted by Gasteiger charge is -2.13. The number of nitrogens with one attached hydrogen (secondary N) is 1. The average Bonchev–Trinajstić information content (AvgIpc) is 3.40. The predicted octanol–water partition coefficient (Wildman–Crippen LogP) is 3.33. The van der Waals surface area contributed by atoms with Crippen molar-refractivity contribution in [1.82, 2.24) is 13.9 Å². The summed E-state index contributed by atoms with van der Waals surface area (Å²) in [6, 6.07) is 6.67. The van der Waals surface area contributed by atoms with E-state index in [0.29, 0.717) is 35.8 Å². The summed E-state index contributed by atoms with van der Waals surface area (Å²) in [4.78, 5) is 17.3. The molecule has 0 bridgehead atoms. The second kappa shape index (κ2) is 7.31. The molecule has 3 heterocycles. The monoisotopic (exact) mass is 416 g/mol. The van der Waals surface area contributed by atoms with Crippen LogP contribution in [0.4, 0.5) is 5.69 Å². The maximum absolute atomic E-state index is 12.8. The SMILES string of the molecule is CC(C)c1nc2cc(NC(=O)c3cc(S(=O)(=O)N4CCCC4)cn3C)ccc2o1. The molecule has 1 aromatic carbocycles. The van der Waals surface area contributed by atoms with E-state index in [2.05, 4.69) is 10.3 Å². The quantitative estimate of drug-likeness (QED) is 0.688. The van der Waals surface area contributed by atoms with Gasteiger partial charge in [0.25, 0.3) is 5.91 Å². The lowest BCUT2D eigenvalue weighted by atomic mass is 10.2. The van der Waals surface area contributed by atoms with Crippen molar-refractivity contribution in [2.24, 2.45) is 7.05 Å². The summed E-state index contributed by atoms with van der Waals surface area (Å²) in [6.07, 6.45) is 3.21. The molecule has 0 spiro atoms. The van der Waals surface area contributed by atoms with E-state index in [-0.39, 0.29) is 22.4 Å². The molecule has 1 aliphatic heterocycles. The number of oxazole rings is 1. The standard InChI is InChI=1S/C20H24N4O4S/c1-13(2)20-22-16-10-14(6-7-18(16)28-20)21-19(25)17-11-15(12-23(17)3)29(26,27)24-8-4-5-9-24/h6-7,10-13H,4-5,8-9H2,1-3H3,(H,21,25). The van der Waals surface area contributed by atoms with Gasteiger partial charge in [-0.3, -0.25) is 4.79 Å². The van der Waals surface area contributed by atoms with Gasteiger partial charge in [-0.1, -0.05) is 13.8 Å². The van der Waals surface area contributed by atoms with E-state index >= 15 is 0 Å². The molecule has 1 N–H and O–H groups in total. The number of anilines is 1. The van der Waals surface area contributed by atoms with Crippen LogP contribution in [0, 0.1) is 0 Å². The third-order valence-corrected chi connectivity index (χ3v) is 6.94. The number of rotatable bonds is 5. The van der Waals surface area contributed by atoms with Crippen molar-refractivity contribution in [2.75, 3.05) is 18.4 Å². The molecule has 29 heavy (non-hydrogen) atoms. The first kappa shape index (κ1) is 19.7. The van der Waals surface area contributed by atoms with Gasteiger partial charge in [-0.05, 0) is 37.1 Å². The number of amides is 1. The van der Waals surface area contributed by atoms with Gasteiger partial charge in [-0.2, -0.15) is 4.31 Å². The van der Waals surface area contributed by atoms with Crippen molar-refractivity contribution < 1.29 is 17.6 Å². The fourth-order valence-corrected chi connectivity index (χ4v) is 5.03. The van der Waals surface area contributed by atoms with Crippen LogP contribution in [0.15, 0.2) is 39.8 Å². The van der Waals surface area contributed by atoms with E-state index in [4.69, 9.17) is 4.42 Å². The summed E-state index contributed by atoms with van der Waals surface area (Å²) in [5.41, 5.74) is 2.15. The second-order valence-electron chi connectivity index (χ2n) is 7.63. The minimum atomic E-state index is -3.57. The van der Waals surface area contributed by atoms with Crippen molar-refractivity contribution in [3.8, 4) is 0 Å². The number of hydrogen-bond acceptors (Lipinski definition) is 5. The molecule has 2 aromatic heterocycles. The zero-order valence-electron chi connectivity index (χ0n) is 16.7. The summed E-state index contributed by atoms with van der Waals surface area (Å²) in [7, 11) is -1.91. The number of benzene rings is 1. The molecule has 1 fully saturated rings. The van der Waals surface area contributed by atoms with Gasteiger partial charge in [-0.15, -0.1) is 0 Å². The van der Waals surface area contributed by atoms with Crippen molar-refractivity contribution in [1.29, 1.82) is 0 Å². The molecule has 0 aliphatic carbocycles. The van der Waals surface area contributed by atoms with Crippen LogP contribution in [0.2, 0.25) is 0 Å². The van der Waals surface area contributed by atoms with Gasteiger partial charge in [0.1, 0.15) is 16.1 Å². The Labute approximate surface area is 169 Å². The molecular weight excluding hydrogens is 392 g/mol. The first-order valence-electron chi connectivity index (χ1n) is 9.64. The van der Waals surface area contributed by atoms with E-state index in [1.54, 1.807) is 25.2 Å². The molecule has 1 amide bonds. The molecule has 1 saturated heterocycles. The van der Waals surface area contributed by atoms with Gasteiger partial charge in [-0.25, -0.2) is 13.4 Å². The van der Waals surface area contributed by atoms with E-state index in [1.807, 2.05) is 13.8 Å². The zero-order valence-corrected chi connectivity index (χ0v) is 17.5. The summed E-state index contributed by atoms with van der Waals surface area (Å²) in [6.45, 7) is 5.04. The Morgan fingerprint density at radius 1 is 1.21 bits per heavy atom. The van der Waals surface area contributed by atoms with Crippen molar-refractivity contribution in [2.45, 2.75) is 37.5 Å². The highest BCUT2D eigenvalue weighted by Crippen LogP contribution is 2.25. The van der Waals surface area contributed by atoms with Crippen molar-refractivity contribution in [3.05, 3.63) is 42.0 Å². The van der Waals surface area contributed by atoms with Gasteiger partial charge >= 0.3 is 0 Å². The number of aromatic nitrogens is 2. The van der Waals surface area contributed by atoms with E-state index < -0.39 is 10.0 Å². The minimum Gasteiger partial charge on any atom is -0.440 e. The molecule has 9 heteroatoms. The third kappa shape index (κ3) is 3.67. The maximum Gasteiger partial charge on any atom is 0.272 e. The first-order chi connectivity index (χ1) is 13.8. The summed E-state index contributed by atoms with van der Waals surface area (Å²) in [5.74, 6) is 0.421. The predicted molar refractivity (Wildman–Crippen MR) is 109 cm³/mol. The molecule has 3 aromatic rings. The largest absolute Gasteiger partial charge is 0.440 e. The summed E-state index contributed by atoms with van der Waals surface area (Å²) < 4.78 is 34.2. The molecule has 0 saturated carbocycles. The lowest BCUT2D eigenvalue weighted by Crippen LogP contribution is -2.27. The number of sulfonamides is 1. The Kier molecular flexibility index (Phi) is 4.95. The molecule has 154 valence electrons. The number of fused-ring (bicyclic) bond motifs is 1. The van der Waals surface area contributed by atoms with Gasteiger partial charge < -0.3 is 14.3 Å². The highest BCUT2D eigenvalue weighted by Gasteiger charge is 2.29. The fraction of sp³-hybridized carbons (Fsp3) is 0.400. The average molecular weight is 417 g/mol. The van der Waals surface area contributed by atoms with Crippen molar-refractivity contribution in [3.63, 3.8) is 0 Å². The number of carbonyl (C=O) groups excluding carboxylic acids is 1. The Bertz CT molecular complexity index is 1170. The molecule has 8 nitrogen and oxygen atoms in total. The zero-order chi connectivity index (χ0) is 20.8. The molecule has 1 aliphatic rings. The Balaban J connectivity index is 1.57. The van der Waals surface area contributed by atoms with Gasteiger partial charge in [0.2, 0.25) is 10.0 Å².